The number of amidine groups is 1. The third-order valence-corrected chi connectivity index (χ3v) is 10.00. The molecule has 5 aliphatic rings. The number of nitrogens with one attached hydrogen (secondary N) is 1. The van der Waals surface area contributed by atoms with E-state index in [0.717, 1.165) is 49.8 Å². The average Bonchev–Trinajstić information content (AvgIpc) is 3.64. The molecule has 1 unspecified atom stereocenters. The van der Waals surface area contributed by atoms with Gasteiger partial charge in [0.05, 0.1) is 23.3 Å². The predicted molar refractivity (Wildman–Crippen MR) is 171 cm³/mol. The fourth-order valence-corrected chi connectivity index (χ4v) is 7.17. The summed E-state index contributed by atoms with van der Waals surface area (Å²) in [6.45, 7) is 4.46. The quantitative estimate of drug-likeness (QED) is 0.465. The molecule has 4 atom stereocenters. The van der Waals surface area contributed by atoms with Gasteiger partial charge in [-0.2, -0.15) is 5.10 Å². The zero-order valence-electron chi connectivity index (χ0n) is 25.8. The van der Waals surface area contributed by atoms with Crippen LogP contribution in [-0.2, 0) is 16.1 Å². The molecular formula is C33H39ClN8O4. The summed E-state index contributed by atoms with van der Waals surface area (Å²) in [5, 5.41) is 20.1. The fraction of sp³-hybridized carbons (Fsp3) is 0.515. The first-order valence-electron chi connectivity index (χ1n) is 16.1. The molecule has 5 heterocycles. The van der Waals surface area contributed by atoms with Crippen LogP contribution in [0.4, 0.5) is 0 Å². The normalized spacial score (nSPS) is 29.2. The van der Waals surface area contributed by atoms with Gasteiger partial charge in [-0.1, -0.05) is 17.7 Å². The minimum atomic E-state index is -0.400. The third kappa shape index (κ3) is 6.57. The lowest BCUT2D eigenvalue weighted by atomic mass is 9.77. The Bertz CT molecular complexity index is 1540. The Kier molecular flexibility index (Phi) is 8.86. The van der Waals surface area contributed by atoms with E-state index in [9.17, 15) is 14.7 Å². The Morgan fingerprint density at radius 3 is 2.65 bits per heavy atom. The molecule has 2 aromatic heterocycles. The first-order valence-corrected chi connectivity index (χ1v) is 16.5. The molecule has 1 saturated heterocycles. The van der Waals surface area contributed by atoms with Crippen molar-refractivity contribution in [3.8, 4) is 0 Å². The number of rotatable bonds is 7. The van der Waals surface area contributed by atoms with Gasteiger partial charge in [-0.3, -0.25) is 19.5 Å². The van der Waals surface area contributed by atoms with Gasteiger partial charge < -0.3 is 20.1 Å². The van der Waals surface area contributed by atoms with Gasteiger partial charge in [0.25, 0.3) is 5.91 Å². The van der Waals surface area contributed by atoms with Gasteiger partial charge in [0.1, 0.15) is 18.1 Å². The van der Waals surface area contributed by atoms with Crippen LogP contribution in [0.1, 0.15) is 67.3 Å². The summed E-state index contributed by atoms with van der Waals surface area (Å²) in [5.41, 5.74) is 2.31. The number of hydrogen-bond donors (Lipinski definition) is 2. The largest absolute Gasteiger partial charge is 0.390 e. The maximum atomic E-state index is 13.1. The summed E-state index contributed by atoms with van der Waals surface area (Å²) in [6.07, 6.45) is 15.4. The molecule has 242 valence electrons. The highest BCUT2D eigenvalue weighted by molar-refractivity contribution is 6.30. The standard InChI is InChI=1S/C33H39ClN8O4/c1-20-18-40(33(45)27-6-5-24(34)17-35-27)9-10-41(20)25-12-22(13-25)32(44)38-30-14-26-11-21(7-8-42(26)39-30)23-15-36-31(37-16-23)19-46-29-4-2-3-28(29)43/h5-8,11,15-17,20,22,25-26,28-29,43H,2-4,9-10,12-14,18-19H2,1H3,(H,38,39,44)/t20-,22?,25?,26?,28-,29-/m0/s1. The maximum Gasteiger partial charge on any atom is 0.272 e. The molecule has 2 aliphatic carbocycles. The summed E-state index contributed by atoms with van der Waals surface area (Å²) in [4.78, 5) is 43.4. The molecule has 2 aromatic rings. The van der Waals surface area contributed by atoms with Crippen LogP contribution in [0.5, 0.6) is 0 Å². The smallest absolute Gasteiger partial charge is 0.272 e. The summed E-state index contributed by atoms with van der Waals surface area (Å²) in [6, 6.07) is 3.89. The van der Waals surface area contributed by atoms with Crippen LogP contribution in [0.25, 0.3) is 5.57 Å². The number of amides is 2. The van der Waals surface area contributed by atoms with Crippen LogP contribution in [0.15, 0.2) is 54.2 Å². The molecule has 2 amide bonds. The number of halogens is 1. The van der Waals surface area contributed by atoms with E-state index in [-0.39, 0.29) is 42.5 Å². The summed E-state index contributed by atoms with van der Waals surface area (Å²) in [5.74, 6) is 1.17. The lowest BCUT2D eigenvalue weighted by Crippen LogP contribution is -2.60. The van der Waals surface area contributed by atoms with Gasteiger partial charge in [-0.15, -0.1) is 0 Å². The lowest BCUT2D eigenvalue weighted by molar-refractivity contribution is -0.129. The lowest BCUT2D eigenvalue weighted by Gasteiger charge is -2.49. The summed E-state index contributed by atoms with van der Waals surface area (Å²) < 4.78 is 5.81. The maximum absolute atomic E-state index is 13.1. The van der Waals surface area contributed by atoms with E-state index in [1.807, 2.05) is 22.2 Å². The Hall–Kier alpha value is -3.71. The second-order valence-corrected chi connectivity index (χ2v) is 13.3. The van der Waals surface area contributed by atoms with Crippen LogP contribution in [0.2, 0.25) is 5.02 Å². The minimum Gasteiger partial charge on any atom is -0.390 e. The van der Waals surface area contributed by atoms with E-state index < -0.39 is 6.10 Å². The van der Waals surface area contributed by atoms with Gasteiger partial charge in [-0.05, 0) is 62.8 Å². The molecule has 0 aromatic carbocycles. The van der Waals surface area contributed by atoms with Crippen LogP contribution < -0.4 is 5.32 Å². The summed E-state index contributed by atoms with van der Waals surface area (Å²) >= 11 is 5.92. The van der Waals surface area contributed by atoms with Crippen molar-refractivity contribution in [2.75, 3.05) is 19.6 Å². The van der Waals surface area contributed by atoms with Gasteiger partial charge >= 0.3 is 0 Å². The fourth-order valence-electron chi connectivity index (χ4n) is 7.05. The Balaban J connectivity index is 0.858. The molecule has 2 N–H and O–H groups in total. The zero-order valence-corrected chi connectivity index (χ0v) is 26.6. The monoisotopic (exact) mass is 646 g/mol. The van der Waals surface area contributed by atoms with Crippen LogP contribution in [0.3, 0.4) is 0 Å². The van der Waals surface area contributed by atoms with Crippen molar-refractivity contribution in [3.05, 3.63) is 71.2 Å². The van der Waals surface area contributed by atoms with Gasteiger partial charge in [0.15, 0.2) is 5.82 Å². The zero-order chi connectivity index (χ0) is 31.8. The Labute approximate surface area is 273 Å². The van der Waals surface area contributed by atoms with Gasteiger partial charge in [-0.25, -0.2) is 15.0 Å². The Morgan fingerprint density at radius 1 is 1.11 bits per heavy atom. The highest BCUT2D eigenvalue weighted by Crippen LogP contribution is 2.35. The van der Waals surface area contributed by atoms with Crippen molar-refractivity contribution in [1.82, 2.24) is 35.1 Å². The van der Waals surface area contributed by atoms with Crippen molar-refractivity contribution in [3.63, 3.8) is 0 Å². The molecule has 0 radical (unpaired) electrons. The topological polar surface area (TPSA) is 136 Å². The van der Waals surface area contributed by atoms with E-state index in [0.29, 0.717) is 47.9 Å². The number of piperazine rings is 1. The summed E-state index contributed by atoms with van der Waals surface area (Å²) in [7, 11) is 0. The molecular weight excluding hydrogens is 608 g/mol. The number of carbonyl (C=O) groups excluding carboxylic acids is 2. The molecule has 7 rings (SSSR count). The molecule has 0 spiro atoms. The number of allylic oxidation sites excluding steroid dienone is 2. The van der Waals surface area contributed by atoms with Crippen molar-refractivity contribution in [2.24, 2.45) is 11.0 Å². The number of nitrogens with zero attached hydrogens (tertiary/aromatic N) is 7. The second-order valence-electron chi connectivity index (χ2n) is 12.9. The highest BCUT2D eigenvalue weighted by atomic mass is 35.5. The SMILES string of the molecule is C[C@H]1CN(C(=O)c2ccc(Cl)cn2)CCN1C1CC(C(=O)NC2=NN3C=CC(c4cnc(CO[C@H]5CCC[C@@H]5O)nc4)=CC3C2)C1. The highest BCUT2D eigenvalue weighted by Gasteiger charge is 2.42. The number of fused-ring (bicyclic) bond motifs is 1. The molecule has 46 heavy (non-hydrogen) atoms. The van der Waals surface area contributed by atoms with Crippen molar-refractivity contribution < 1.29 is 19.4 Å². The van der Waals surface area contributed by atoms with E-state index in [1.54, 1.807) is 24.5 Å². The van der Waals surface area contributed by atoms with Gasteiger partial charge in [0.2, 0.25) is 5.91 Å². The number of aliphatic hydroxyl groups is 1. The second kappa shape index (κ2) is 13.2. The molecule has 13 heteroatoms. The molecule has 2 saturated carbocycles. The Morgan fingerprint density at radius 2 is 1.93 bits per heavy atom. The molecule has 3 aliphatic heterocycles. The van der Waals surface area contributed by atoms with Crippen molar-refractivity contribution >= 4 is 34.8 Å². The molecule has 0 bridgehead atoms. The van der Waals surface area contributed by atoms with E-state index >= 15 is 0 Å². The van der Waals surface area contributed by atoms with Crippen molar-refractivity contribution in [1.29, 1.82) is 0 Å². The first kappa shape index (κ1) is 30.9. The van der Waals surface area contributed by atoms with Crippen LogP contribution >= 0.6 is 11.6 Å². The number of pyridine rings is 1. The van der Waals surface area contributed by atoms with Crippen LogP contribution in [0, 0.1) is 5.92 Å². The number of ether oxygens (including phenoxy) is 1. The van der Waals surface area contributed by atoms with Gasteiger partial charge in [0, 0.05) is 74.4 Å². The number of hydrogen-bond acceptors (Lipinski definition) is 10. The van der Waals surface area contributed by atoms with E-state index in [2.05, 4.69) is 43.3 Å². The molecule has 12 nitrogen and oxygen atoms in total. The van der Waals surface area contributed by atoms with Crippen LogP contribution in [-0.4, -0.2) is 102 Å². The minimum absolute atomic E-state index is 0.0132. The molecule has 3 fully saturated rings. The predicted octanol–water partition coefficient (Wildman–Crippen LogP) is 2.99. The number of carbonyl (C=O) groups is 2. The van der Waals surface area contributed by atoms with E-state index in [4.69, 9.17) is 16.3 Å². The third-order valence-electron chi connectivity index (χ3n) is 9.77. The number of aromatic nitrogens is 3. The average molecular weight is 647 g/mol. The van der Waals surface area contributed by atoms with E-state index in [1.165, 1.54) is 6.20 Å². The number of aliphatic hydroxyl groups excluding tert-OH is 1. The van der Waals surface area contributed by atoms with Crippen molar-refractivity contribution in [2.45, 2.75) is 82.4 Å². The number of hydrazone groups is 1. The first-order chi connectivity index (χ1) is 22.3.